The summed E-state index contributed by atoms with van der Waals surface area (Å²) < 4.78 is 11.4. The second-order valence-corrected chi connectivity index (χ2v) is 6.51. The van der Waals surface area contributed by atoms with Gasteiger partial charge >= 0.3 is 11.9 Å². The molecule has 0 bridgehead atoms. The first-order valence-corrected chi connectivity index (χ1v) is 9.57. The third kappa shape index (κ3) is 8.90. The van der Waals surface area contributed by atoms with Crippen molar-refractivity contribution in [2.45, 2.75) is 38.5 Å². The molecule has 0 spiro atoms. The van der Waals surface area contributed by atoms with Crippen LogP contribution in [0.4, 0.5) is 0 Å². The van der Waals surface area contributed by atoms with Crippen LogP contribution in [0, 0.1) is 0 Å². The summed E-state index contributed by atoms with van der Waals surface area (Å²) in [5.74, 6) is -1.96. The first kappa shape index (κ1) is 23.5. The highest BCUT2D eigenvalue weighted by Gasteiger charge is 2.11. The van der Waals surface area contributed by atoms with E-state index >= 15 is 0 Å². The van der Waals surface area contributed by atoms with E-state index in [1.807, 2.05) is 18.2 Å². The zero-order chi connectivity index (χ0) is 20.8. The number of ether oxygens (including phenoxy) is 2. The first-order valence-electron chi connectivity index (χ1n) is 9.57. The van der Waals surface area contributed by atoms with E-state index in [0.29, 0.717) is 0 Å². The Labute approximate surface area is 166 Å². The molecule has 28 heavy (non-hydrogen) atoms. The molecule has 0 aromatic heterocycles. The summed E-state index contributed by atoms with van der Waals surface area (Å²) >= 11 is 0. The molecule has 1 aliphatic rings. The van der Waals surface area contributed by atoms with Gasteiger partial charge in [0, 0.05) is 5.56 Å². The topological polar surface area (TPSA) is 96.3 Å². The van der Waals surface area contributed by atoms with Crippen LogP contribution in [0.5, 0.6) is 11.5 Å². The fourth-order valence-corrected chi connectivity index (χ4v) is 3.00. The minimum atomic E-state index is -1.82. The van der Waals surface area contributed by atoms with Crippen molar-refractivity contribution in [3.05, 3.63) is 36.4 Å². The van der Waals surface area contributed by atoms with Gasteiger partial charge in [0.25, 0.3) is 0 Å². The van der Waals surface area contributed by atoms with Crippen molar-refractivity contribution in [1.29, 1.82) is 0 Å². The van der Waals surface area contributed by atoms with Crippen molar-refractivity contribution in [1.82, 2.24) is 4.90 Å². The molecule has 1 aromatic rings. The average Bonchev–Trinajstić information content (AvgIpc) is 2.70. The number of unbranched alkanes of at least 4 members (excludes halogenated alkanes) is 1. The number of hydrogen-bond acceptors (Lipinski definition) is 5. The number of para-hydroxylation sites is 1. The highest BCUT2D eigenvalue weighted by atomic mass is 16.5. The van der Waals surface area contributed by atoms with Crippen LogP contribution in [0.3, 0.4) is 0 Å². The molecule has 1 heterocycles. The summed E-state index contributed by atoms with van der Waals surface area (Å²) in [5, 5.41) is 14.8. The van der Waals surface area contributed by atoms with Crippen LogP contribution in [0.15, 0.2) is 30.9 Å². The lowest BCUT2D eigenvalue weighted by molar-refractivity contribution is -0.159. The van der Waals surface area contributed by atoms with Crippen LogP contribution in [-0.4, -0.2) is 60.4 Å². The fourth-order valence-electron chi connectivity index (χ4n) is 3.00. The van der Waals surface area contributed by atoms with Gasteiger partial charge in [-0.2, -0.15) is 0 Å². The smallest absolute Gasteiger partial charge is 0.414 e. The molecule has 0 saturated carbocycles. The van der Waals surface area contributed by atoms with E-state index in [-0.39, 0.29) is 0 Å². The molecule has 1 saturated heterocycles. The quantitative estimate of drug-likeness (QED) is 0.378. The Hall–Kier alpha value is -2.54. The molecule has 0 amide bonds. The van der Waals surface area contributed by atoms with Crippen LogP contribution in [-0.2, 0) is 16.0 Å². The molecule has 0 radical (unpaired) electrons. The lowest BCUT2D eigenvalue weighted by Crippen LogP contribution is -2.30. The minimum absolute atomic E-state index is 0.748. The molecule has 0 atom stereocenters. The summed E-state index contributed by atoms with van der Waals surface area (Å²) in [6, 6.07) is 6.03. The normalized spacial score (nSPS) is 13.8. The number of hydrogen-bond donors (Lipinski definition) is 2. The Balaban J connectivity index is 0.000000568. The maximum atomic E-state index is 9.10. The number of likely N-dealkylation sites (tertiary alicyclic amines) is 1. The first-order chi connectivity index (χ1) is 13.5. The molecule has 2 rings (SSSR count). The van der Waals surface area contributed by atoms with Gasteiger partial charge in [0.2, 0.25) is 0 Å². The van der Waals surface area contributed by atoms with Crippen molar-refractivity contribution in [2.75, 3.05) is 33.4 Å². The number of benzene rings is 1. The molecule has 0 unspecified atom stereocenters. The highest BCUT2D eigenvalue weighted by Crippen LogP contribution is 2.31. The fraction of sp³-hybridized carbons (Fsp3) is 0.524. The van der Waals surface area contributed by atoms with Crippen LogP contribution in [0.1, 0.15) is 37.7 Å². The zero-order valence-electron chi connectivity index (χ0n) is 16.6. The van der Waals surface area contributed by atoms with E-state index in [4.69, 9.17) is 29.3 Å². The number of carbonyl (C=O) groups is 2. The van der Waals surface area contributed by atoms with E-state index < -0.39 is 11.9 Å². The molecule has 2 N–H and O–H groups in total. The van der Waals surface area contributed by atoms with Crippen LogP contribution >= 0.6 is 0 Å². The van der Waals surface area contributed by atoms with Gasteiger partial charge < -0.3 is 24.6 Å². The Bertz CT molecular complexity index is 613. The van der Waals surface area contributed by atoms with E-state index in [2.05, 4.69) is 17.5 Å². The standard InChI is InChI=1S/C19H29NO2.C2H2O4/c1-3-10-17-11-9-12-18(21-2)19(17)22-16-8-7-15-20-13-5-4-6-14-20;3-1(4)2(5)6/h3,9,11-12H,1,4-8,10,13-16H2,2H3;(H,3,4)(H,5,6). The van der Waals surface area contributed by atoms with E-state index in [0.717, 1.165) is 36.5 Å². The summed E-state index contributed by atoms with van der Waals surface area (Å²) in [7, 11) is 1.69. The minimum Gasteiger partial charge on any atom is -0.493 e. The Morgan fingerprint density at radius 3 is 2.39 bits per heavy atom. The Morgan fingerprint density at radius 1 is 1.14 bits per heavy atom. The predicted molar refractivity (Wildman–Crippen MR) is 107 cm³/mol. The van der Waals surface area contributed by atoms with Crippen LogP contribution in [0.2, 0.25) is 0 Å². The number of nitrogens with zero attached hydrogens (tertiary/aromatic N) is 1. The molecule has 7 nitrogen and oxygen atoms in total. The zero-order valence-corrected chi connectivity index (χ0v) is 16.6. The van der Waals surface area contributed by atoms with Crippen LogP contribution < -0.4 is 9.47 Å². The van der Waals surface area contributed by atoms with E-state index in [9.17, 15) is 0 Å². The van der Waals surface area contributed by atoms with Crippen molar-refractivity contribution in [3.63, 3.8) is 0 Å². The molecule has 156 valence electrons. The molecular formula is C21H31NO6. The number of rotatable bonds is 9. The third-order valence-corrected chi connectivity index (χ3v) is 4.39. The van der Waals surface area contributed by atoms with Crippen molar-refractivity contribution in [3.8, 4) is 11.5 Å². The summed E-state index contributed by atoms with van der Waals surface area (Å²) in [4.78, 5) is 20.8. The van der Waals surface area contributed by atoms with Gasteiger partial charge in [-0.25, -0.2) is 9.59 Å². The van der Waals surface area contributed by atoms with Gasteiger partial charge in [-0.05, 0) is 57.8 Å². The van der Waals surface area contributed by atoms with Gasteiger partial charge in [-0.3, -0.25) is 0 Å². The SMILES string of the molecule is C=CCc1cccc(OC)c1OCCCCN1CCCCC1.O=C(O)C(=O)O. The summed E-state index contributed by atoms with van der Waals surface area (Å²) in [6.45, 7) is 8.31. The molecule has 1 fully saturated rings. The lowest BCUT2D eigenvalue weighted by atomic mass is 10.1. The average molecular weight is 393 g/mol. The number of carboxylic acids is 2. The number of aliphatic carboxylic acids is 2. The summed E-state index contributed by atoms with van der Waals surface area (Å²) in [6.07, 6.45) is 9.12. The highest BCUT2D eigenvalue weighted by molar-refractivity contribution is 6.27. The number of allylic oxidation sites excluding steroid dienone is 1. The largest absolute Gasteiger partial charge is 0.493 e. The second kappa shape index (κ2) is 13.6. The molecule has 0 aliphatic carbocycles. The molecule has 1 aliphatic heterocycles. The maximum absolute atomic E-state index is 9.10. The predicted octanol–water partition coefficient (Wildman–Crippen LogP) is 3.22. The van der Waals surface area contributed by atoms with E-state index in [1.54, 1.807) is 7.11 Å². The van der Waals surface area contributed by atoms with Gasteiger partial charge in [0.1, 0.15) is 0 Å². The van der Waals surface area contributed by atoms with Crippen molar-refractivity contribution < 1.29 is 29.3 Å². The Morgan fingerprint density at radius 2 is 1.82 bits per heavy atom. The maximum Gasteiger partial charge on any atom is 0.414 e. The third-order valence-electron chi connectivity index (χ3n) is 4.39. The Kier molecular flexibility index (Phi) is 11.4. The second-order valence-electron chi connectivity index (χ2n) is 6.51. The number of methoxy groups -OCH3 is 1. The van der Waals surface area contributed by atoms with E-state index in [1.165, 1.54) is 45.3 Å². The molecular weight excluding hydrogens is 362 g/mol. The number of carboxylic acid groups (broad SMARTS) is 2. The monoisotopic (exact) mass is 393 g/mol. The van der Waals surface area contributed by atoms with Gasteiger partial charge in [-0.15, -0.1) is 6.58 Å². The van der Waals surface area contributed by atoms with Crippen molar-refractivity contribution in [2.24, 2.45) is 0 Å². The number of piperidine rings is 1. The molecule has 7 heteroatoms. The summed E-state index contributed by atoms with van der Waals surface area (Å²) in [5.41, 5.74) is 1.14. The van der Waals surface area contributed by atoms with Gasteiger partial charge in [-0.1, -0.05) is 24.6 Å². The van der Waals surface area contributed by atoms with Crippen LogP contribution in [0.25, 0.3) is 0 Å². The van der Waals surface area contributed by atoms with Crippen molar-refractivity contribution >= 4 is 11.9 Å². The molecule has 1 aromatic carbocycles. The van der Waals surface area contributed by atoms with Gasteiger partial charge in [0.15, 0.2) is 11.5 Å². The lowest BCUT2D eigenvalue weighted by Gasteiger charge is -2.26. The van der Waals surface area contributed by atoms with Gasteiger partial charge in [0.05, 0.1) is 13.7 Å².